The van der Waals surface area contributed by atoms with Gasteiger partial charge in [0.2, 0.25) is 5.91 Å². The van der Waals surface area contributed by atoms with Crippen LogP contribution in [0.3, 0.4) is 0 Å². The van der Waals surface area contributed by atoms with Crippen LogP contribution in [0.15, 0.2) is 48.5 Å². The third kappa shape index (κ3) is 6.91. The van der Waals surface area contributed by atoms with Crippen molar-refractivity contribution in [2.45, 2.75) is 32.7 Å². The van der Waals surface area contributed by atoms with Crippen molar-refractivity contribution in [2.75, 3.05) is 38.7 Å². The molecule has 2 amide bonds. The Morgan fingerprint density at radius 1 is 1.10 bits per heavy atom. The van der Waals surface area contributed by atoms with Gasteiger partial charge in [-0.2, -0.15) is 0 Å². The Morgan fingerprint density at radius 2 is 1.87 bits per heavy atom. The molecule has 3 rings (SSSR count). The van der Waals surface area contributed by atoms with Gasteiger partial charge < -0.3 is 15.4 Å². The average Bonchev–Trinajstić information content (AvgIpc) is 2.77. The van der Waals surface area contributed by atoms with Gasteiger partial charge in [-0.3, -0.25) is 14.5 Å². The summed E-state index contributed by atoms with van der Waals surface area (Å²) in [6, 6.07) is 15.7. The Kier molecular flexibility index (Phi) is 8.62. The highest BCUT2D eigenvalue weighted by Crippen LogP contribution is 2.23. The number of piperidine rings is 1. The molecule has 0 unspecified atom stereocenters. The standard InChI is InChI=1S/C25H33N3O3/c1-19-7-5-8-20(17-19)18-28-14-11-21(12-15-28)24(29)27-23-10-4-3-9-22(23)25(30)26-13-6-16-31-2/h3-5,7-10,17,21H,6,11-16,18H2,1-2H3,(H,26,30)(H,27,29). The summed E-state index contributed by atoms with van der Waals surface area (Å²) in [5.74, 6) is -0.221. The van der Waals surface area contributed by atoms with Crippen molar-refractivity contribution in [2.24, 2.45) is 5.92 Å². The third-order valence-corrected chi connectivity index (χ3v) is 5.69. The summed E-state index contributed by atoms with van der Waals surface area (Å²) >= 11 is 0. The van der Waals surface area contributed by atoms with Crippen LogP contribution in [0.25, 0.3) is 0 Å². The van der Waals surface area contributed by atoms with Gasteiger partial charge in [0, 0.05) is 32.7 Å². The molecule has 1 heterocycles. The maximum atomic E-state index is 12.9. The molecule has 0 aromatic heterocycles. The molecule has 0 atom stereocenters. The number of ether oxygens (including phenoxy) is 1. The quantitative estimate of drug-likeness (QED) is 0.605. The fourth-order valence-electron chi connectivity index (χ4n) is 3.96. The van der Waals surface area contributed by atoms with E-state index in [9.17, 15) is 9.59 Å². The van der Waals surface area contributed by atoms with E-state index in [-0.39, 0.29) is 17.7 Å². The normalized spacial score (nSPS) is 14.9. The minimum atomic E-state index is -0.181. The van der Waals surface area contributed by atoms with Crippen LogP contribution in [-0.4, -0.2) is 50.1 Å². The van der Waals surface area contributed by atoms with Crippen molar-refractivity contribution < 1.29 is 14.3 Å². The van der Waals surface area contributed by atoms with Gasteiger partial charge in [-0.05, 0) is 57.0 Å². The number of rotatable bonds is 9. The number of hydrogen-bond donors (Lipinski definition) is 2. The second-order valence-electron chi connectivity index (χ2n) is 8.18. The predicted octanol–water partition coefficient (Wildman–Crippen LogP) is 3.61. The van der Waals surface area contributed by atoms with E-state index >= 15 is 0 Å². The van der Waals surface area contributed by atoms with Gasteiger partial charge in [-0.1, -0.05) is 42.0 Å². The molecule has 0 aliphatic carbocycles. The lowest BCUT2D eigenvalue weighted by atomic mass is 9.95. The molecular weight excluding hydrogens is 390 g/mol. The molecule has 166 valence electrons. The van der Waals surface area contributed by atoms with Crippen LogP contribution < -0.4 is 10.6 Å². The topological polar surface area (TPSA) is 70.7 Å². The first kappa shape index (κ1) is 23.0. The molecule has 2 aromatic rings. The number of carbonyl (C=O) groups excluding carboxylic acids is 2. The van der Waals surface area contributed by atoms with E-state index in [1.807, 2.05) is 12.1 Å². The number of aryl methyl sites for hydroxylation is 1. The van der Waals surface area contributed by atoms with E-state index < -0.39 is 0 Å². The van der Waals surface area contributed by atoms with Crippen molar-refractivity contribution in [1.82, 2.24) is 10.2 Å². The lowest BCUT2D eigenvalue weighted by molar-refractivity contribution is -0.121. The van der Waals surface area contributed by atoms with Crippen molar-refractivity contribution in [3.05, 3.63) is 65.2 Å². The number of amides is 2. The highest BCUT2D eigenvalue weighted by Gasteiger charge is 2.26. The zero-order valence-corrected chi connectivity index (χ0v) is 18.5. The number of anilines is 1. The molecule has 6 nitrogen and oxygen atoms in total. The Bertz CT molecular complexity index is 876. The van der Waals surface area contributed by atoms with E-state index in [1.54, 1.807) is 19.2 Å². The molecule has 0 bridgehead atoms. The SMILES string of the molecule is COCCCNC(=O)c1ccccc1NC(=O)C1CCN(Cc2cccc(C)c2)CC1. The van der Waals surface area contributed by atoms with Gasteiger partial charge in [0.05, 0.1) is 11.3 Å². The van der Waals surface area contributed by atoms with Crippen molar-refractivity contribution in [3.63, 3.8) is 0 Å². The van der Waals surface area contributed by atoms with Gasteiger partial charge in [-0.15, -0.1) is 0 Å². The predicted molar refractivity (Wildman–Crippen MR) is 123 cm³/mol. The van der Waals surface area contributed by atoms with Crippen LogP contribution in [0.1, 0.15) is 40.7 Å². The Morgan fingerprint density at radius 3 is 2.61 bits per heavy atom. The number of hydrogen-bond acceptors (Lipinski definition) is 4. The summed E-state index contributed by atoms with van der Waals surface area (Å²) in [5.41, 5.74) is 3.64. The molecule has 0 spiro atoms. The summed E-state index contributed by atoms with van der Waals surface area (Å²) < 4.78 is 5.01. The molecule has 31 heavy (non-hydrogen) atoms. The number of nitrogens with one attached hydrogen (secondary N) is 2. The summed E-state index contributed by atoms with van der Waals surface area (Å²) in [5, 5.41) is 5.87. The molecular formula is C25H33N3O3. The van der Waals surface area contributed by atoms with Crippen molar-refractivity contribution in [3.8, 4) is 0 Å². The minimum absolute atomic E-state index is 0.00478. The zero-order chi connectivity index (χ0) is 22.1. The van der Waals surface area contributed by atoms with E-state index in [1.165, 1.54) is 11.1 Å². The zero-order valence-electron chi connectivity index (χ0n) is 18.5. The van der Waals surface area contributed by atoms with Crippen LogP contribution in [0, 0.1) is 12.8 Å². The Balaban J connectivity index is 1.51. The lowest BCUT2D eigenvalue weighted by Gasteiger charge is -2.31. The molecule has 1 aliphatic heterocycles. The summed E-state index contributed by atoms with van der Waals surface area (Å²) in [7, 11) is 1.64. The molecule has 2 aromatic carbocycles. The molecule has 1 aliphatic rings. The number of likely N-dealkylation sites (tertiary alicyclic amines) is 1. The second-order valence-corrected chi connectivity index (χ2v) is 8.18. The van der Waals surface area contributed by atoms with Gasteiger partial charge >= 0.3 is 0 Å². The third-order valence-electron chi connectivity index (χ3n) is 5.69. The Hall–Kier alpha value is -2.70. The summed E-state index contributed by atoms with van der Waals surface area (Å²) in [6.45, 7) is 5.96. The highest BCUT2D eigenvalue weighted by atomic mass is 16.5. The van der Waals surface area contributed by atoms with Crippen LogP contribution in [-0.2, 0) is 16.1 Å². The van der Waals surface area contributed by atoms with Gasteiger partial charge in [-0.25, -0.2) is 0 Å². The van der Waals surface area contributed by atoms with E-state index in [2.05, 4.69) is 46.7 Å². The van der Waals surface area contributed by atoms with Crippen LogP contribution in [0.5, 0.6) is 0 Å². The van der Waals surface area contributed by atoms with E-state index in [4.69, 9.17) is 4.74 Å². The van der Waals surface area contributed by atoms with Gasteiger partial charge in [0.25, 0.3) is 5.91 Å². The Labute approximate surface area is 185 Å². The molecule has 2 N–H and O–H groups in total. The van der Waals surface area contributed by atoms with Crippen molar-refractivity contribution in [1.29, 1.82) is 0 Å². The van der Waals surface area contributed by atoms with Gasteiger partial charge in [0.1, 0.15) is 0 Å². The molecule has 0 radical (unpaired) electrons. The van der Waals surface area contributed by atoms with Crippen molar-refractivity contribution >= 4 is 17.5 Å². The number of nitrogens with zero attached hydrogens (tertiary/aromatic N) is 1. The maximum absolute atomic E-state index is 12.9. The fraction of sp³-hybridized carbons (Fsp3) is 0.440. The first-order chi connectivity index (χ1) is 15.1. The molecule has 6 heteroatoms. The monoisotopic (exact) mass is 423 g/mol. The lowest BCUT2D eigenvalue weighted by Crippen LogP contribution is -2.38. The number of methoxy groups -OCH3 is 1. The molecule has 1 fully saturated rings. The molecule has 1 saturated heterocycles. The first-order valence-corrected chi connectivity index (χ1v) is 11.0. The number of para-hydroxylation sites is 1. The first-order valence-electron chi connectivity index (χ1n) is 11.0. The largest absolute Gasteiger partial charge is 0.385 e. The van der Waals surface area contributed by atoms with Crippen LogP contribution >= 0.6 is 0 Å². The smallest absolute Gasteiger partial charge is 0.253 e. The maximum Gasteiger partial charge on any atom is 0.253 e. The minimum Gasteiger partial charge on any atom is -0.385 e. The fourth-order valence-corrected chi connectivity index (χ4v) is 3.96. The van der Waals surface area contributed by atoms with Crippen LogP contribution in [0.4, 0.5) is 5.69 Å². The van der Waals surface area contributed by atoms with Crippen LogP contribution in [0.2, 0.25) is 0 Å². The van der Waals surface area contributed by atoms with E-state index in [0.717, 1.165) is 38.9 Å². The van der Waals surface area contributed by atoms with E-state index in [0.29, 0.717) is 24.4 Å². The number of carbonyl (C=O) groups is 2. The average molecular weight is 424 g/mol. The van der Waals surface area contributed by atoms with Gasteiger partial charge in [0.15, 0.2) is 0 Å². The number of benzene rings is 2. The molecule has 0 saturated carbocycles. The second kappa shape index (κ2) is 11.6. The highest BCUT2D eigenvalue weighted by molar-refractivity contribution is 6.04. The summed E-state index contributed by atoms with van der Waals surface area (Å²) in [4.78, 5) is 27.8. The summed E-state index contributed by atoms with van der Waals surface area (Å²) in [6.07, 6.45) is 2.39.